The average Bonchev–Trinajstić information content (AvgIpc) is 2.39. The van der Waals surface area contributed by atoms with Crippen LogP contribution in [0.15, 0.2) is 0 Å². The molecule has 2 rings (SSSR count). The Morgan fingerprint density at radius 1 is 1.22 bits per heavy atom. The fourth-order valence-electron chi connectivity index (χ4n) is 3.48. The first-order chi connectivity index (χ1) is 8.66. The lowest BCUT2D eigenvalue weighted by Gasteiger charge is -2.36. The maximum atomic E-state index is 12.4. The van der Waals surface area contributed by atoms with E-state index >= 15 is 0 Å². The van der Waals surface area contributed by atoms with Gasteiger partial charge in [0, 0.05) is 6.54 Å². The normalized spacial score (nSPS) is 31.9. The summed E-state index contributed by atoms with van der Waals surface area (Å²) in [5.41, 5.74) is 5.51. The number of hydrogen-bond donors (Lipinski definition) is 1. The fourth-order valence-corrected chi connectivity index (χ4v) is 3.48. The molecule has 0 aliphatic heterocycles. The van der Waals surface area contributed by atoms with Crippen molar-refractivity contribution in [3.8, 4) is 0 Å². The van der Waals surface area contributed by atoms with E-state index in [0.717, 1.165) is 38.5 Å². The summed E-state index contributed by atoms with van der Waals surface area (Å²) in [6.07, 6.45) is 9.99. The zero-order chi connectivity index (χ0) is 13.0. The lowest BCUT2D eigenvalue weighted by molar-refractivity contribution is -0.165. The molecule has 2 atom stereocenters. The summed E-state index contributed by atoms with van der Waals surface area (Å²) in [6, 6.07) is 0. The quantitative estimate of drug-likeness (QED) is 0.787. The molecular formula is C15H27NO2. The van der Waals surface area contributed by atoms with E-state index < -0.39 is 0 Å². The van der Waals surface area contributed by atoms with E-state index in [0.29, 0.717) is 12.5 Å². The van der Waals surface area contributed by atoms with Crippen LogP contribution in [-0.4, -0.2) is 18.6 Å². The Hall–Kier alpha value is -0.570. The van der Waals surface area contributed by atoms with Crippen molar-refractivity contribution in [1.29, 1.82) is 0 Å². The molecule has 0 saturated heterocycles. The molecule has 2 unspecified atom stereocenters. The summed E-state index contributed by atoms with van der Waals surface area (Å²) in [6.45, 7) is 2.70. The highest BCUT2D eigenvalue weighted by Crippen LogP contribution is 2.38. The minimum Gasteiger partial charge on any atom is -0.462 e. The Kier molecular flexibility index (Phi) is 4.66. The molecule has 0 radical (unpaired) electrons. The van der Waals surface area contributed by atoms with Crippen molar-refractivity contribution in [2.24, 2.45) is 17.1 Å². The molecule has 0 aromatic rings. The molecule has 0 bridgehead atoms. The van der Waals surface area contributed by atoms with E-state index in [9.17, 15) is 4.79 Å². The summed E-state index contributed by atoms with van der Waals surface area (Å²) >= 11 is 0. The predicted octanol–water partition coefficient (Wildman–Crippen LogP) is 3.02. The van der Waals surface area contributed by atoms with Crippen molar-refractivity contribution in [2.75, 3.05) is 6.54 Å². The highest BCUT2D eigenvalue weighted by atomic mass is 16.5. The van der Waals surface area contributed by atoms with Crippen molar-refractivity contribution in [1.82, 2.24) is 0 Å². The van der Waals surface area contributed by atoms with Gasteiger partial charge in [-0.15, -0.1) is 0 Å². The highest BCUT2D eigenvalue weighted by molar-refractivity contribution is 5.77. The van der Waals surface area contributed by atoms with Crippen molar-refractivity contribution in [3.63, 3.8) is 0 Å². The Balaban J connectivity index is 1.92. The van der Waals surface area contributed by atoms with Crippen LogP contribution < -0.4 is 5.73 Å². The monoisotopic (exact) mass is 253 g/mol. The number of rotatable bonds is 3. The Labute approximate surface area is 110 Å². The standard InChI is InChI=1S/C15H27NO2/c1-12-6-5-7-13(10-12)18-14(17)15(11-16)8-3-2-4-9-15/h12-13H,2-11,16H2,1H3. The number of carbonyl (C=O) groups is 1. The zero-order valence-corrected chi connectivity index (χ0v) is 11.6. The Bertz CT molecular complexity index is 284. The summed E-state index contributed by atoms with van der Waals surface area (Å²) in [4.78, 5) is 12.4. The summed E-state index contributed by atoms with van der Waals surface area (Å²) in [5, 5.41) is 0. The first kappa shape index (κ1) is 13.9. The van der Waals surface area contributed by atoms with Crippen LogP contribution in [0.5, 0.6) is 0 Å². The summed E-state index contributed by atoms with van der Waals surface area (Å²) in [7, 11) is 0. The molecule has 2 N–H and O–H groups in total. The van der Waals surface area contributed by atoms with Crippen molar-refractivity contribution < 1.29 is 9.53 Å². The predicted molar refractivity (Wildman–Crippen MR) is 72.1 cm³/mol. The lowest BCUT2D eigenvalue weighted by Crippen LogP contribution is -2.43. The van der Waals surface area contributed by atoms with Crippen LogP contribution in [0.1, 0.15) is 64.7 Å². The van der Waals surface area contributed by atoms with Gasteiger partial charge in [-0.1, -0.05) is 32.6 Å². The van der Waals surface area contributed by atoms with Crippen LogP contribution in [0.2, 0.25) is 0 Å². The molecular weight excluding hydrogens is 226 g/mol. The number of ether oxygens (including phenoxy) is 1. The van der Waals surface area contributed by atoms with Crippen LogP contribution in [0.4, 0.5) is 0 Å². The fraction of sp³-hybridized carbons (Fsp3) is 0.933. The third-order valence-corrected chi connectivity index (χ3v) is 4.80. The van der Waals surface area contributed by atoms with E-state index in [1.807, 2.05) is 0 Å². The molecule has 0 heterocycles. The Morgan fingerprint density at radius 3 is 2.56 bits per heavy atom. The number of carbonyl (C=O) groups excluding carboxylic acids is 1. The van der Waals surface area contributed by atoms with Crippen molar-refractivity contribution >= 4 is 5.97 Å². The zero-order valence-electron chi connectivity index (χ0n) is 11.6. The van der Waals surface area contributed by atoms with E-state index in [4.69, 9.17) is 10.5 Å². The highest BCUT2D eigenvalue weighted by Gasteiger charge is 2.41. The molecule has 2 aliphatic rings. The van der Waals surface area contributed by atoms with Gasteiger partial charge in [0.1, 0.15) is 6.10 Å². The van der Waals surface area contributed by atoms with Crippen LogP contribution in [0.3, 0.4) is 0 Å². The van der Waals surface area contributed by atoms with Crippen LogP contribution in [0, 0.1) is 11.3 Å². The molecule has 0 aromatic heterocycles. The maximum absolute atomic E-state index is 12.4. The summed E-state index contributed by atoms with van der Waals surface area (Å²) < 4.78 is 5.78. The molecule has 2 fully saturated rings. The molecule has 0 amide bonds. The third-order valence-electron chi connectivity index (χ3n) is 4.80. The number of esters is 1. The van der Waals surface area contributed by atoms with Gasteiger partial charge in [0.15, 0.2) is 0 Å². The van der Waals surface area contributed by atoms with E-state index in [2.05, 4.69) is 6.92 Å². The topological polar surface area (TPSA) is 52.3 Å². The SMILES string of the molecule is CC1CCCC(OC(=O)C2(CN)CCCCC2)C1. The second-order valence-corrected chi connectivity index (χ2v) is 6.34. The van der Waals surface area contributed by atoms with Crippen LogP contribution in [0.25, 0.3) is 0 Å². The minimum absolute atomic E-state index is 0.0104. The molecule has 104 valence electrons. The molecule has 2 aliphatic carbocycles. The maximum Gasteiger partial charge on any atom is 0.313 e. The van der Waals surface area contributed by atoms with Crippen molar-refractivity contribution in [2.45, 2.75) is 70.8 Å². The van der Waals surface area contributed by atoms with Gasteiger partial charge in [-0.3, -0.25) is 4.79 Å². The first-order valence-corrected chi connectivity index (χ1v) is 7.57. The van der Waals surface area contributed by atoms with Gasteiger partial charge in [0.25, 0.3) is 0 Å². The van der Waals surface area contributed by atoms with Gasteiger partial charge in [-0.05, 0) is 38.0 Å². The first-order valence-electron chi connectivity index (χ1n) is 7.57. The van der Waals surface area contributed by atoms with Crippen molar-refractivity contribution in [3.05, 3.63) is 0 Å². The minimum atomic E-state index is -0.362. The molecule has 0 aromatic carbocycles. The summed E-state index contributed by atoms with van der Waals surface area (Å²) in [5.74, 6) is 0.681. The van der Waals surface area contributed by atoms with Gasteiger partial charge < -0.3 is 10.5 Å². The molecule has 18 heavy (non-hydrogen) atoms. The third kappa shape index (κ3) is 3.05. The largest absolute Gasteiger partial charge is 0.462 e. The molecule has 2 saturated carbocycles. The van der Waals surface area contributed by atoms with Crippen LogP contribution >= 0.6 is 0 Å². The Morgan fingerprint density at radius 2 is 1.94 bits per heavy atom. The smallest absolute Gasteiger partial charge is 0.313 e. The molecule has 3 heteroatoms. The van der Waals surface area contributed by atoms with Gasteiger partial charge in [0.2, 0.25) is 0 Å². The van der Waals surface area contributed by atoms with Gasteiger partial charge >= 0.3 is 5.97 Å². The van der Waals surface area contributed by atoms with Gasteiger partial charge in [-0.25, -0.2) is 0 Å². The number of nitrogens with two attached hydrogens (primary N) is 1. The van der Waals surface area contributed by atoms with E-state index in [1.54, 1.807) is 0 Å². The van der Waals surface area contributed by atoms with E-state index in [-0.39, 0.29) is 17.5 Å². The second-order valence-electron chi connectivity index (χ2n) is 6.34. The molecule has 3 nitrogen and oxygen atoms in total. The molecule has 0 spiro atoms. The average molecular weight is 253 g/mol. The lowest BCUT2D eigenvalue weighted by atomic mass is 9.74. The van der Waals surface area contributed by atoms with E-state index in [1.165, 1.54) is 19.3 Å². The van der Waals surface area contributed by atoms with Gasteiger partial charge in [-0.2, -0.15) is 0 Å². The van der Waals surface area contributed by atoms with Gasteiger partial charge in [0.05, 0.1) is 5.41 Å². The second kappa shape index (κ2) is 6.05. The van der Waals surface area contributed by atoms with Crippen LogP contribution in [-0.2, 0) is 9.53 Å². The number of hydrogen-bond acceptors (Lipinski definition) is 3.